The average Bonchev–Trinajstić information content (AvgIpc) is 2.33. The summed E-state index contributed by atoms with van der Waals surface area (Å²) in [4.78, 5) is 0. The van der Waals surface area contributed by atoms with Gasteiger partial charge in [-0.3, -0.25) is 0 Å². The average molecular weight is 327 g/mol. The molecule has 0 heterocycles. The molecule has 0 aromatic heterocycles. The Hall–Kier alpha value is -1.17. The first-order valence-electron chi connectivity index (χ1n) is 4.95. The number of nitrogen functional groups attached to an aromatic ring is 1. The van der Waals surface area contributed by atoms with E-state index in [4.69, 9.17) is 10.5 Å². The van der Waals surface area contributed by atoms with Gasteiger partial charge in [0.15, 0.2) is 0 Å². The van der Waals surface area contributed by atoms with Crippen molar-refractivity contribution in [1.82, 2.24) is 0 Å². The van der Waals surface area contributed by atoms with E-state index in [1.54, 1.807) is 7.11 Å². The van der Waals surface area contributed by atoms with Gasteiger partial charge >= 0.3 is 106 Å². The van der Waals surface area contributed by atoms with E-state index in [2.05, 4.69) is 24.3 Å². The summed E-state index contributed by atoms with van der Waals surface area (Å²) in [5.74, 6) is 0.911. The molecule has 0 amide bonds. The van der Waals surface area contributed by atoms with E-state index < -0.39 is 0 Å². The number of anilines is 1. The minimum absolute atomic E-state index is 0.301. The second-order valence-corrected chi connectivity index (χ2v) is 6.62. The maximum absolute atomic E-state index is 5.66. The second-order valence-electron chi connectivity index (χ2n) is 3.35. The SMILES string of the molecule is COc1ccc([Te]c2ccc(N)cc2)cc1. The first-order chi connectivity index (χ1) is 7.78. The number of hydrogen-bond donors (Lipinski definition) is 1. The van der Waals surface area contributed by atoms with Gasteiger partial charge in [0.25, 0.3) is 0 Å². The van der Waals surface area contributed by atoms with Crippen molar-refractivity contribution in [2.45, 2.75) is 0 Å². The molecule has 0 saturated carbocycles. The van der Waals surface area contributed by atoms with Crippen LogP contribution >= 0.6 is 0 Å². The maximum atomic E-state index is 5.66. The van der Waals surface area contributed by atoms with Crippen LogP contribution in [-0.2, 0) is 0 Å². The number of rotatable bonds is 3. The van der Waals surface area contributed by atoms with Crippen LogP contribution in [0.25, 0.3) is 0 Å². The van der Waals surface area contributed by atoms with Gasteiger partial charge in [-0.1, -0.05) is 0 Å². The zero-order chi connectivity index (χ0) is 11.4. The van der Waals surface area contributed by atoms with Gasteiger partial charge in [-0.15, -0.1) is 0 Å². The summed E-state index contributed by atoms with van der Waals surface area (Å²) in [6.45, 7) is 0. The predicted molar refractivity (Wildman–Crippen MR) is 68.9 cm³/mol. The van der Waals surface area contributed by atoms with Crippen molar-refractivity contribution < 1.29 is 4.74 Å². The Morgan fingerprint density at radius 2 is 1.38 bits per heavy atom. The van der Waals surface area contributed by atoms with Crippen molar-refractivity contribution in [2.24, 2.45) is 0 Å². The van der Waals surface area contributed by atoms with E-state index in [-0.39, 0.29) is 20.9 Å². The molecule has 0 aliphatic heterocycles. The zero-order valence-electron chi connectivity index (χ0n) is 9.01. The van der Waals surface area contributed by atoms with Gasteiger partial charge in [0.1, 0.15) is 0 Å². The van der Waals surface area contributed by atoms with Crippen molar-refractivity contribution >= 4 is 33.8 Å². The van der Waals surface area contributed by atoms with Crippen LogP contribution in [0.1, 0.15) is 0 Å². The number of ether oxygens (including phenoxy) is 1. The Morgan fingerprint density at radius 1 is 0.875 bits per heavy atom. The summed E-state index contributed by atoms with van der Waals surface area (Å²) in [7, 11) is 1.69. The Labute approximate surface area is 106 Å². The summed E-state index contributed by atoms with van der Waals surface area (Å²) in [5, 5.41) is 0. The van der Waals surface area contributed by atoms with Gasteiger partial charge in [-0.2, -0.15) is 0 Å². The molecule has 2 nitrogen and oxygen atoms in total. The molecule has 0 aliphatic carbocycles. The summed E-state index contributed by atoms with van der Waals surface area (Å²) in [6.07, 6.45) is 0. The normalized spacial score (nSPS) is 10.1. The molecule has 3 heteroatoms. The number of hydrogen-bond acceptors (Lipinski definition) is 2. The third kappa shape index (κ3) is 2.91. The molecule has 2 aromatic rings. The topological polar surface area (TPSA) is 35.2 Å². The first kappa shape index (κ1) is 11.3. The van der Waals surface area contributed by atoms with E-state index in [0.29, 0.717) is 0 Å². The molecule has 0 saturated heterocycles. The van der Waals surface area contributed by atoms with Crippen LogP contribution in [-0.4, -0.2) is 28.0 Å². The molecule has 2 rings (SSSR count). The van der Waals surface area contributed by atoms with Gasteiger partial charge in [-0.05, 0) is 0 Å². The Morgan fingerprint density at radius 3 is 1.88 bits per heavy atom. The van der Waals surface area contributed by atoms with Gasteiger partial charge in [0.2, 0.25) is 0 Å². The minimum atomic E-state index is -0.301. The van der Waals surface area contributed by atoms with E-state index in [1.165, 1.54) is 7.22 Å². The van der Waals surface area contributed by atoms with Gasteiger partial charge in [0, 0.05) is 0 Å². The molecule has 0 atom stereocenters. The van der Waals surface area contributed by atoms with Crippen LogP contribution in [0, 0.1) is 0 Å². The summed E-state index contributed by atoms with van der Waals surface area (Å²) < 4.78 is 7.93. The molecule has 82 valence electrons. The molecular weight excluding hydrogens is 314 g/mol. The van der Waals surface area contributed by atoms with Crippen LogP contribution < -0.4 is 17.7 Å². The molecule has 0 bridgehead atoms. The molecule has 0 aliphatic rings. The molecular formula is C13H13NOTe. The zero-order valence-corrected chi connectivity index (χ0v) is 11.3. The quantitative estimate of drug-likeness (QED) is 0.673. The third-order valence-corrected chi connectivity index (χ3v) is 5.07. The van der Waals surface area contributed by atoms with E-state index >= 15 is 0 Å². The van der Waals surface area contributed by atoms with Crippen molar-refractivity contribution in [1.29, 1.82) is 0 Å². The molecule has 16 heavy (non-hydrogen) atoms. The third-order valence-electron chi connectivity index (χ3n) is 2.18. The van der Waals surface area contributed by atoms with Crippen LogP contribution in [0.2, 0.25) is 0 Å². The molecule has 0 spiro atoms. The summed E-state index contributed by atoms with van der Waals surface area (Å²) >= 11 is -0.301. The molecule has 0 fully saturated rings. The Kier molecular flexibility index (Phi) is 3.71. The fourth-order valence-corrected chi connectivity index (χ4v) is 3.65. The molecule has 2 N–H and O–H groups in total. The van der Waals surface area contributed by atoms with Gasteiger partial charge in [0.05, 0.1) is 0 Å². The van der Waals surface area contributed by atoms with Crippen LogP contribution in [0.4, 0.5) is 5.69 Å². The van der Waals surface area contributed by atoms with Gasteiger partial charge < -0.3 is 0 Å². The van der Waals surface area contributed by atoms with E-state index in [9.17, 15) is 0 Å². The van der Waals surface area contributed by atoms with Gasteiger partial charge in [-0.25, -0.2) is 0 Å². The van der Waals surface area contributed by atoms with Crippen molar-refractivity contribution in [3.63, 3.8) is 0 Å². The monoisotopic (exact) mass is 329 g/mol. The van der Waals surface area contributed by atoms with Crippen molar-refractivity contribution in [2.75, 3.05) is 12.8 Å². The first-order valence-corrected chi connectivity index (χ1v) is 7.28. The van der Waals surface area contributed by atoms with E-state index in [0.717, 1.165) is 11.4 Å². The van der Waals surface area contributed by atoms with Crippen LogP contribution in [0.5, 0.6) is 5.75 Å². The fourth-order valence-electron chi connectivity index (χ4n) is 1.32. The van der Waals surface area contributed by atoms with E-state index in [1.807, 2.05) is 24.3 Å². The summed E-state index contributed by atoms with van der Waals surface area (Å²) in [5.41, 5.74) is 6.48. The van der Waals surface area contributed by atoms with Crippen LogP contribution in [0.3, 0.4) is 0 Å². The second kappa shape index (κ2) is 5.25. The van der Waals surface area contributed by atoms with Crippen LogP contribution in [0.15, 0.2) is 48.5 Å². The van der Waals surface area contributed by atoms with Crippen molar-refractivity contribution in [3.05, 3.63) is 48.5 Å². The molecule has 0 radical (unpaired) electrons. The molecule has 0 unspecified atom stereocenters. The number of benzene rings is 2. The predicted octanol–water partition coefficient (Wildman–Crippen LogP) is 0.932. The molecule has 2 aromatic carbocycles. The Bertz CT molecular complexity index is 450. The standard InChI is InChI=1S/C13H13NOTe/c1-15-11-4-8-13(9-5-11)16-12-6-2-10(14)3-7-12/h2-9H,14H2,1H3. The number of nitrogens with two attached hydrogens (primary N) is 1. The fraction of sp³-hybridized carbons (Fsp3) is 0.0769. The van der Waals surface area contributed by atoms with Crippen molar-refractivity contribution in [3.8, 4) is 5.75 Å². The summed E-state index contributed by atoms with van der Waals surface area (Å²) in [6, 6.07) is 16.4. The Balaban J connectivity index is 2.11. The number of methoxy groups -OCH3 is 1.